The maximum atomic E-state index is 13.0. The average molecular weight is 427 g/mol. The largest absolute Gasteiger partial charge is 0.366 e. The summed E-state index contributed by atoms with van der Waals surface area (Å²) in [6, 6.07) is 9.85. The number of halogens is 2. The molecule has 1 fully saturated rings. The Bertz CT molecular complexity index is 1140. The van der Waals surface area contributed by atoms with Crippen LogP contribution in [0.1, 0.15) is 0 Å². The van der Waals surface area contributed by atoms with Gasteiger partial charge in [0.05, 0.1) is 31.7 Å². The van der Waals surface area contributed by atoms with E-state index in [4.69, 9.17) is 23.2 Å². The number of benzene rings is 2. The fraction of sp³-hybridized carbons (Fsp3) is 0.235. The monoisotopic (exact) mass is 426 g/mol. The van der Waals surface area contributed by atoms with Crippen molar-refractivity contribution in [2.45, 2.75) is 4.90 Å². The number of H-pyrrole nitrogens is 2. The highest BCUT2D eigenvalue weighted by Gasteiger charge is 2.30. The lowest BCUT2D eigenvalue weighted by Gasteiger charge is -2.36. The van der Waals surface area contributed by atoms with Crippen LogP contribution in [-0.4, -0.2) is 48.9 Å². The SMILES string of the molecule is O=c1[nH]c2ccc(S(=O)(=O)N3CCN(c4c(Cl)cccc4Cl)CC3)cc2[nH]1. The number of hydrogen-bond acceptors (Lipinski definition) is 4. The standard InChI is InChI=1S/C17H16Cl2N4O3S/c18-12-2-1-3-13(19)16(12)22-6-8-23(9-7-22)27(25,26)11-4-5-14-15(10-11)21-17(24)20-14/h1-5,10H,6-9H2,(H2,20,21,24). The Balaban J connectivity index is 1.56. The summed E-state index contributed by atoms with van der Waals surface area (Å²) in [4.78, 5) is 18.7. The molecule has 27 heavy (non-hydrogen) atoms. The zero-order valence-electron chi connectivity index (χ0n) is 14.1. The molecule has 7 nitrogen and oxygen atoms in total. The molecule has 0 saturated carbocycles. The maximum absolute atomic E-state index is 13.0. The van der Waals surface area contributed by atoms with Crippen LogP contribution in [0.4, 0.5) is 5.69 Å². The van der Waals surface area contributed by atoms with Gasteiger partial charge in [-0.05, 0) is 30.3 Å². The number of rotatable bonds is 3. The molecule has 1 aliphatic rings. The Labute approximate surface area is 165 Å². The topological polar surface area (TPSA) is 89.3 Å². The number of para-hydroxylation sites is 1. The molecule has 0 radical (unpaired) electrons. The highest BCUT2D eigenvalue weighted by molar-refractivity contribution is 7.89. The minimum absolute atomic E-state index is 0.148. The predicted molar refractivity (Wildman–Crippen MR) is 106 cm³/mol. The number of fused-ring (bicyclic) bond motifs is 1. The predicted octanol–water partition coefficient (Wildman–Crippen LogP) is 2.67. The van der Waals surface area contributed by atoms with Gasteiger partial charge in [-0.1, -0.05) is 29.3 Å². The summed E-state index contributed by atoms with van der Waals surface area (Å²) in [5.74, 6) is 0. The number of anilines is 1. The van der Waals surface area contributed by atoms with Gasteiger partial charge in [-0.2, -0.15) is 4.31 Å². The van der Waals surface area contributed by atoms with Crippen molar-refractivity contribution < 1.29 is 8.42 Å². The number of aromatic amines is 2. The highest BCUT2D eigenvalue weighted by atomic mass is 35.5. The van der Waals surface area contributed by atoms with Gasteiger partial charge in [0.15, 0.2) is 0 Å². The lowest BCUT2D eigenvalue weighted by atomic mass is 10.2. The minimum Gasteiger partial charge on any atom is -0.366 e. The van der Waals surface area contributed by atoms with Crippen LogP contribution >= 0.6 is 23.2 Å². The van der Waals surface area contributed by atoms with Crippen LogP contribution in [0.3, 0.4) is 0 Å². The summed E-state index contributed by atoms with van der Waals surface area (Å²) in [6.07, 6.45) is 0. The number of imidazole rings is 1. The van der Waals surface area contributed by atoms with E-state index >= 15 is 0 Å². The molecule has 4 rings (SSSR count). The fourth-order valence-corrected chi connectivity index (χ4v) is 5.35. The third-order valence-corrected chi connectivity index (χ3v) is 7.12. The second-order valence-corrected chi connectivity index (χ2v) is 9.00. The van der Waals surface area contributed by atoms with E-state index in [1.165, 1.54) is 16.4 Å². The Hall–Kier alpha value is -2.00. The summed E-state index contributed by atoms with van der Waals surface area (Å²) in [5.41, 5.74) is 1.38. The lowest BCUT2D eigenvalue weighted by molar-refractivity contribution is 0.385. The van der Waals surface area contributed by atoms with Crippen molar-refractivity contribution in [2.75, 3.05) is 31.1 Å². The number of aromatic nitrogens is 2. The van der Waals surface area contributed by atoms with Gasteiger partial charge in [-0.15, -0.1) is 0 Å². The zero-order chi connectivity index (χ0) is 19.2. The molecule has 2 N–H and O–H groups in total. The van der Waals surface area contributed by atoms with Gasteiger partial charge in [0, 0.05) is 26.2 Å². The molecule has 2 heterocycles. The Morgan fingerprint density at radius 1 is 0.889 bits per heavy atom. The molecule has 0 atom stereocenters. The molecule has 0 aliphatic carbocycles. The number of hydrogen-bond donors (Lipinski definition) is 2. The molecule has 0 unspecified atom stereocenters. The Morgan fingerprint density at radius 3 is 2.19 bits per heavy atom. The van der Waals surface area contributed by atoms with Crippen molar-refractivity contribution >= 4 is 49.9 Å². The summed E-state index contributed by atoms with van der Waals surface area (Å²) in [7, 11) is -3.67. The first-order valence-corrected chi connectivity index (χ1v) is 10.5. The summed E-state index contributed by atoms with van der Waals surface area (Å²) in [6.45, 7) is 1.58. The van der Waals surface area contributed by atoms with Crippen molar-refractivity contribution in [2.24, 2.45) is 0 Å². The normalized spacial score (nSPS) is 16.1. The third-order valence-electron chi connectivity index (χ3n) is 4.62. The number of nitrogens with zero attached hydrogens (tertiary/aromatic N) is 2. The van der Waals surface area contributed by atoms with Crippen LogP contribution in [0.25, 0.3) is 11.0 Å². The lowest BCUT2D eigenvalue weighted by Crippen LogP contribution is -2.48. The molecule has 3 aromatic rings. The minimum atomic E-state index is -3.67. The fourth-order valence-electron chi connectivity index (χ4n) is 3.26. The zero-order valence-corrected chi connectivity index (χ0v) is 16.4. The van der Waals surface area contributed by atoms with Gasteiger partial charge in [0.2, 0.25) is 10.0 Å². The quantitative estimate of drug-likeness (QED) is 0.673. The maximum Gasteiger partial charge on any atom is 0.323 e. The van der Waals surface area contributed by atoms with Gasteiger partial charge in [-0.25, -0.2) is 13.2 Å². The van der Waals surface area contributed by atoms with Gasteiger partial charge in [0.25, 0.3) is 0 Å². The smallest absolute Gasteiger partial charge is 0.323 e. The molecule has 10 heteroatoms. The molecule has 0 bridgehead atoms. The van der Waals surface area contributed by atoms with Crippen molar-refractivity contribution in [3.05, 3.63) is 56.9 Å². The van der Waals surface area contributed by atoms with Gasteiger partial charge >= 0.3 is 5.69 Å². The molecule has 2 aromatic carbocycles. The van der Waals surface area contributed by atoms with E-state index in [0.29, 0.717) is 47.3 Å². The number of nitrogens with one attached hydrogen (secondary N) is 2. The molecule has 0 amide bonds. The second-order valence-electron chi connectivity index (χ2n) is 6.25. The van der Waals surface area contributed by atoms with Gasteiger partial charge < -0.3 is 14.9 Å². The number of sulfonamides is 1. The first-order chi connectivity index (χ1) is 12.9. The molecule has 1 saturated heterocycles. The van der Waals surface area contributed by atoms with Crippen LogP contribution in [0.2, 0.25) is 10.0 Å². The molecular weight excluding hydrogens is 411 g/mol. The van der Waals surface area contributed by atoms with Crippen molar-refractivity contribution in [1.29, 1.82) is 0 Å². The summed E-state index contributed by atoms with van der Waals surface area (Å²) >= 11 is 12.5. The average Bonchev–Trinajstić information content (AvgIpc) is 3.01. The van der Waals surface area contributed by atoms with Crippen LogP contribution in [0.5, 0.6) is 0 Å². The van der Waals surface area contributed by atoms with E-state index < -0.39 is 10.0 Å². The number of piperazine rings is 1. The van der Waals surface area contributed by atoms with Crippen molar-refractivity contribution in [1.82, 2.24) is 14.3 Å². The molecule has 142 valence electrons. The second kappa shape index (κ2) is 6.87. The van der Waals surface area contributed by atoms with E-state index in [1.54, 1.807) is 24.3 Å². The van der Waals surface area contributed by atoms with E-state index in [-0.39, 0.29) is 10.6 Å². The van der Waals surface area contributed by atoms with E-state index in [1.807, 2.05) is 4.90 Å². The van der Waals surface area contributed by atoms with E-state index in [2.05, 4.69) is 9.97 Å². The van der Waals surface area contributed by atoms with Gasteiger partial charge in [-0.3, -0.25) is 0 Å². The highest BCUT2D eigenvalue weighted by Crippen LogP contribution is 2.34. The molecule has 0 spiro atoms. The molecular formula is C17H16Cl2N4O3S. The third kappa shape index (κ3) is 3.34. The van der Waals surface area contributed by atoms with Crippen molar-refractivity contribution in [3.8, 4) is 0 Å². The Kier molecular flexibility index (Phi) is 4.67. The first-order valence-electron chi connectivity index (χ1n) is 8.27. The van der Waals surface area contributed by atoms with Crippen molar-refractivity contribution in [3.63, 3.8) is 0 Å². The van der Waals surface area contributed by atoms with Gasteiger partial charge in [0.1, 0.15) is 0 Å². The van der Waals surface area contributed by atoms with Crippen LogP contribution in [-0.2, 0) is 10.0 Å². The van der Waals surface area contributed by atoms with Crippen LogP contribution in [0, 0.1) is 0 Å². The van der Waals surface area contributed by atoms with E-state index in [9.17, 15) is 13.2 Å². The van der Waals surface area contributed by atoms with Crippen LogP contribution in [0.15, 0.2) is 46.1 Å². The molecule has 1 aliphatic heterocycles. The van der Waals surface area contributed by atoms with Crippen LogP contribution < -0.4 is 10.6 Å². The summed E-state index contributed by atoms with van der Waals surface area (Å²) < 4.78 is 27.4. The molecule has 1 aromatic heterocycles. The Morgan fingerprint density at radius 2 is 1.52 bits per heavy atom. The summed E-state index contributed by atoms with van der Waals surface area (Å²) in [5, 5.41) is 1.08. The first kappa shape index (κ1) is 18.4. The van der Waals surface area contributed by atoms with E-state index in [0.717, 1.165) is 5.69 Å².